The van der Waals surface area contributed by atoms with Gasteiger partial charge in [-0.2, -0.15) is 16.8 Å². The van der Waals surface area contributed by atoms with Gasteiger partial charge >= 0.3 is 29.8 Å². The van der Waals surface area contributed by atoms with Gasteiger partial charge in [-0.15, -0.1) is 0 Å². The van der Waals surface area contributed by atoms with E-state index in [0.29, 0.717) is 89.6 Å². The van der Waals surface area contributed by atoms with Crippen molar-refractivity contribution in [2.24, 2.45) is 9.98 Å². The van der Waals surface area contributed by atoms with Crippen LogP contribution in [-0.2, 0) is 67.9 Å². The number of esters is 5. The lowest BCUT2D eigenvalue weighted by atomic mass is 10.0. The lowest BCUT2D eigenvalue weighted by molar-refractivity contribution is -0.169. The number of rotatable bonds is 15. The number of carbonyl (C=O) groups excluding carboxylic acids is 5. The number of aromatic nitrogens is 6. The predicted molar refractivity (Wildman–Crippen MR) is 364 cm³/mol. The molecule has 12 rings (SSSR count). The number of hydrogen-bond donors (Lipinski definition) is 2. The van der Waals surface area contributed by atoms with Crippen LogP contribution in [0.4, 0.5) is 0 Å². The van der Waals surface area contributed by atoms with Gasteiger partial charge in [0.25, 0.3) is 20.2 Å². The second kappa shape index (κ2) is 31.9. The van der Waals surface area contributed by atoms with Gasteiger partial charge < -0.3 is 23.7 Å². The zero-order valence-corrected chi connectivity index (χ0v) is 58.6. The second-order valence-corrected chi connectivity index (χ2v) is 27.0. The second-order valence-electron chi connectivity index (χ2n) is 23.4. The van der Waals surface area contributed by atoms with Crippen LogP contribution in [0.15, 0.2) is 154 Å². The molecule has 0 saturated heterocycles. The lowest BCUT2D eigenvalue weighted by Crippen LogP contribution is -2.30. The normalized spacial score (nSPS) is 15.5. The number of halogens is 2. The Labute approximate surface area is 578 Å². The topological polar surface area (TPSA) is 326 Å². The zero-order valence-electron chi connectivity index (χ0n) is 55.5. The first kappa shape index (κ1) is 74.5. The van der Waals surface area contributed by atoms with Gasteiger partial charge in [0, 0.05) is 92.8 Å². The van der Waals surface area contributed by atoms with Crippen molar-refractivity contribution in [3.63, 3.8) is 0 Å². The highest BCUT2D eigenvalue weighted by Gasteiger charge is 2.56. The summed E-state index contributed by atoms with van der Waals surface area (Å²) in [5.41, 5.74) is 9.44. The van der Waals surface area contributed by atoms with Crippen molar-refractivity contribution in [2.45, 2.75) is 140 Å². The molecule has 4 aromatic heterocycles. The summed E-state index contributed by atoms with van der Waals surface area (Å²) in [5.74, 6) is -0.750. The van der Waals surface area contributed by atoms with E-state index in [1.165, 1.54) is 45.4 Å². The van der Waals surface area contributed by atoms with E-state index < -0.39 is 67.4 Å². The third-order valence-corrected chi connectivity index (χ3v) is 18.0. The summed E-state index contributed by atoms with van der Waals surface area (Å²) >= 11 is 13.6. The van der Waals surface area contributed by atoms with Crippen molar-refractivity contribution in [1.82, 2.24) is 29.1 Å². The van der Waals surface area contributed by atoms with Crippen molar-refractivity contribution in [2.75, 3.05) is 20.8 Å². The first-order valence-electron chi connectivity index (χ1n) is 30.9. The molecule has 2 fully saturated rings. The Balaban J connectivity index is 0.000000180. The van der Waals surface area contributed by atoms with E-state index in [0.717, 1.165) is 56.1 Å². The maximum Gasteiger partial charge on any atom is 0.350 e. The van der Waals surface area contributed by atoms with E-state index in [1.54, 1.807) is 56.0 Å². The van der Waals surface area contributed by atoms with Crippen LogP contribution in [0.2, 0.25) is 10.0 Å². The smallest absolute Gasteiger partial charge is 0.350 e. The Morgan fingerprint density at radius 3 is 1.19 bits per heavy atom. The van der Waals surface area contributed by atoms with Crippen LogP contribution in [0.5, 0.6) is 0 Å². The Kier molecular flexibility index (Phi) is 24.3. The maximum atomic E-state index is 12.7. The van der Waals surface area contributed by atoms with Crippen LogP contribution < -0.4 is 0 Å². The minimum absolute atomic E-state index is 0.0666. The van der Waals surface area contributed by atoms with Crippen molar-refractivity contribution in [3.05, 3.63) is 212 Å². The summed E-state index contributed by atoms with van der Waals surface area (Å²) < 4.78 is 88.2. The average Bonchev–Trinajstić information content (AvgIpc) is 1.60. The number of methoxy groups -OCH3 is 2. The molecule has 4 aromatic carbocycles. The molecule has 0 unspecified atom stereocenters. The molecule has 24 nitrogen and oxygen atoms in total. The summed E-state index contributed by atoms with van der Waals surface area (Å²) in [7, 11) is -5.45. The Hall–Kier alpha value is -9.31. The van der Waals surface area contributed by atoms with Crippen LogP contribution in [0.3, 0.4) is 0 Å². The van der Waals surface area contributed by atoms with Gasteiger partial charge in [-0.05, 0) is 145 Å². The molecule has 0 radical (unpaired) electrons. The Morgan fingerprint density at radius 1 is 0.541 bits per heavy atom. The van der Waals surface area contributed by atoms with Gasteiger partial charge in [-0.3, -0.25) is 52.6 Å². The lowest BCUT2D eigenvalue weighted by Gasteiger charge is -2.16. The molecule has 2 saturated carbocycles. The van der Waals surface area contributed by atoms with Crippen molar-refractivity contribution < 1.29 is 73.6 Å². The number of nitrogens with zero attached hydrogens (tertiary/aromatic N) is 8. The third-order valence-electron chi connectivity index (χ3n) is 15.7. The fourth-order valence-electron chi connectivity index (χ4n) is 10.6. The average molecular weight is 1420 g/mol. The van der Waals surface area contributed by atoms with Gasteiger partial charge in [0.1, 0.15) is 23.7 Å². The number of benzene rings is 4. The number of aliphatic imine (C=N–C) groups is 2. The predicted octanol–water partition coefficient (Wildman–Crippen LogP) is 12.0. The molecule has 0 spiro atoms. The summed E-state index contributed by atoms with van der Waals surface area (Å²) in [6.45, 7) is 15.3. The highest BCUT2D eigenvalue weighted by atomic mass is 35.5. The van der Waals surface area contributed by atoms with Crippen LogP contribution in [-0.4, -0.2) is 128 Å². The van der Waals surface area contributed by atoms with Crippen LogP contribution in [0.1, 0.15) is 145 Å². The third kappa shape index (κ3) is 18.5. The van der Waals surface area contributed by atoms with Gasteiger partial charge in [-0.25, -0.2) is 19.6 Å². The molecule has 0 bridgehead atoms. The Morgan fingerprint density at radius 2 is 0.908 bits per heavy atom. The van der Waals surface area contributed by atoms with E-state index in [-0.39, 0.29) is 28.6 Å². The SMILES string of the molecule is CCOC(C)=O.COC(=O)C1(OC(=O)CC[C@@H]2N=C(c3ccccn3)c3c(Cl)cc(C)cc3-n3c(C)cnc32)CC1.COC(=O)C1(OC(=O)CC[C@@H]2N=C(c3ccccn3)c3c(Cl)cc(C)cc3-n3c(C)cnc32)CC1.Cc1ccc(S(=O)(=O)O)cc1.Cc1ccc(S(=O)(=O)O)cc1. The number of carbonyl (C=O) groups is 5. The molecular weight excluding hydrogens is 1340 g/mol. The van der Waals surface area contributed by atoms with E-state index >= 15 is 0 Å². The molecule has 98 heavy (non-hydrogen) atoms. The molecule has 2 atom stereocenters. The summed E-state index contributed by atoms with van der Waals surface area (Å²) in [6.07, 6.45) is 9.74. The molecule has 2 N–H and O–H groups in total. The largest absolute Gasteiger partial charge is 0.466 e. The van der Waals surface area contributed by atoms with Gasteiger partial charge in [0.15, 0.2) is 0 Å². The highest BCUT2D eigenvalue weighted by molar-refractivity contribution is 7.86. The van der Waals surface area contributed by atoms with E-state index in [2.05, 4.69) is 36.8 Å². The first-order valence-corrected chi connectivity index (χ1v) is 34.6. The highest BCUT2D eigenvalue weighted by Crippen LogP contribution is 2.44. The maximum absolute atomic E-state index is 12.7. The molecule has 28 heteroatoms. The fraction of sp³-hybridized carbons (Fsp3) is 0.329. The van der Waals surface area contributed by atoms with Gasteiger partial charge in [0.2, 0.25) is 11.2 Å². The Bertz CT molecular complexity index is 4280. The van der Waals surface area contributed by atoms with Crippen LogP contribution >= 0.6 is 23.2 Å². The molecule has 8 aromatic rings. The van der Waals surface area contributed by atoms with E-state index in [1.807, 2.05) is 99.2 Å². The number of fused-ring (bicyclic) bond motifs is 6. The quantitative estimate of drug-likeness (QED) is 0.0547. The molecular formula is C70H74Cl2N8O16S2. The van der Waals surface area contributed by atoms with Crippen LogP contribution in [0, 0.1) is 41.5 Å². The zero-order chi connectivity index (χ0) is 71.4. The van der Waals surface area contributed by atoms with Crippen molar-refractivity contribution >= 4 is 84.7 Å². The summed E-state index contributed by atoms with van der Waals surface area (Å²) in [5, 5.41) is 1.13. The van der Waals surface area contributed by atoms with Crippen molar-refractivity contribution in [3.8, 4) is 11.4 Å². The van der Waals surface area contributed by atoms with Crippen LogP contribution in [0.25, 0.3) is 11.4 Å². The molecule has 0 amide bonds. The number of hydrogen-bond acceptors (Lipinski definition) is 20. The standard InChI is InChI=1S/2C26H25ClN4O4.2C7H8O3S.C4H8O2/c2*1-15-12-17(27)22-20(13-15)31-16(2)14-29-24(31)19(30-23(22)18-6-4-5-11-28-18)7-8-21(32)35-26(9-10-26)25(33)34-3;2*1-6-2-4-7(5-3-6)11(8,9)10;1-3-6-4(2)5/h2*4-6,11-14,19H,7-10H2,1-3H3;2*2-5H,1H3,(H,8,9,10);3H2,1-2H3/t2*19-;;;/m00.../s1. The minimum Gasteiger partial charge on any atom is -0.466 e. The van der Waals surface area contributed by atoms with Gasteiger partial charge in [0.05, 0.1) is 74.8 Å². The molecule has 516 valence electrons. The number of pyridine rings is 2. The molecule has 4 aliphatic rings. The summed E-state index contributed by atoms with van der Waals surface area (Å²) in [6, 6.07) is 30.3. The van der Waals surface area contributed by atoms with Crippen molar-refractivity contribution in [1.29, 1.82) is 0 Å². The molecule has 2 aliphatic heterocycles. The van der Waals surface area contributed by atoms with E-state index in [4.69, 9.17) is 61.2 Å². The van der Waals surface area contributed by atoms with Gasteiger partial charge in [-0.1, -0.05) is 70.7 Å². The monoisotopic (exact) mass is 1420 g/mol. The molecule has 6 heterocycles. The minimum atomic E-state index is -4.02. The van der Waals surface area contributed by atoms with E-state index in [9.17, 15) is 40.8 Å². The number of imidazole rings is 2. The summed E-state index contributed by atoms with van der Waals surface area (Å²) in [4.78, 5) is 87.5. The number of aryl methyl sites for hydroxylation is 6. The molecule has 2 aliphatic carbocycles. The first-order chi connectivity index (χ1) is 46.4. The number of ether oxygens (including phenoxy) is 5. The fourth-order valence-corrected chi connectivity index (χ4v) is 12.3.